The molecule has 166 valence electrons. The Balaban J connectivity index is 1.31. The van der Waals surface area contributed by atoms with Crippen LogP contribution in [0.15, 0.2) is 54.6 Å². The molecule has 2 aliphatic rings. The van der Waals surface area contributed by atoms with Gasteiger partial charge in [0.2, 0.25) is 5.91 Å². The summed E-state index contributed by atoms with van der Waals surface area (Å²) in [5, 5.41) is 3.05. The van der Waals surface area contributed by atoms with Gasteiger partial charge in [0.1, 0.15) is 5.75 Å². The van der Waals surface area contributed by atoms with Gasteiger partial charge in [-0.1, -0.05) is 42.5 Å². The number of carbonyl (C=O) groups excluding carboxylic acids is 1. The molecule has 2 fully saturated rings. The number of hydrogen-bond donors (Lipinski definition) is 1. The summed E-state index contributed by atoms with van der Waals surface area (Å²) in [6.07, 6.45) is 9.23. The summed E-state index contributed by atoms with van der Waals surface area (Å²) in [6.45, 7) is 2.50. The minimum Gasteiger partial charge on any atom is -0.495 e. The molecule has 1 amide bonds. The van der Waals surface area contributed by atoms with Crippen molar-refractivity contribution in [1.29, 1.82) is 0 Å². The molecular formula is C27H36N2O2. The molecule has 1 aliphatic heterocycles. The van der Waals surface area contributed by atoms with Crippen molar-refractivity contribution in [3.05, 3.63) is 60.2 Å². The molecule has 0 radical (unpaired) electrons. The molecule has 1 saturated carbocycles. The van der Waals surface area contributed by atoms with Crippen LogP contribution in [0.1, 0.15) is 50.5 Å². The van der Waals surface area contributed by atoms with Gasteiger partial charge < -0.3 is 10.1 Å². The minimum atomic E-state index is 0.105. The van der Waals surface area contributed by atoms with E-state index in [-0.39, 0.29) is 5.91 Å². The molecule has 4 nitrogen and oxygen atoms in total. The Morgan fingerprint density at radius 3 is 2.39 bits per heavy atom. The molecule has 1 atom stereocenters. The summed E-state index contributed by atoms with van der Waals surface area (Å²) in [6, 6.07) is 19.2. The predicted molar refractivity (Wildman–Crippen MR) is 126 cm³/mol. The van der Waals surface area contributed by atoms with Gasteiger partial charge in [0.25, 0.3) is 0 Å². The first kappa shape index (κ1) is 21.9. The summed E-state index contributed by atoms with van der Waals surface area (Å²) >= 11 is 0. The average molecular weight is 421 g/mol. The van der Waals surface area contributed by atoms with Crippen molar-refractivity contribution in [3.8, 4) is 5.75 Å². The number of para-hydroxylation sites is 2. The highest BCUT2D eigenvalue weighted by atomic mass is 16.5. The van der Waals surface area contributed by atoms with E-state index in [0.29, 0.717) is 24.1 Å². The number of anilines is 1. The Hall–Kier alpha value is -2.33. The maximum atomic E-state index is 12.6. The van der Waals surface area contributed by atoms with E-state index in [0.717, 1.165) is 30.9 Å². The van der Waals surface area contributed by atoms with Crippen molar-refractivity contribution >= 4 is 11.6 Å². The number of amides is 1. The van der Waals surface area contributed by atoms with Gasteiger partial charge in [0.05, 0.1) is 12.8 Å². The third-order valence-corrected chi connectivity index (χ3v) is 7.19. The molecule has 0 aromatic heterocycles. The van der Waals surface area contributed by atoms with Gasteiger partial charge in [0.15, 0.2) is 0 Å². The molecular weight excluding hydrogens is 384 g/mol. The van der Waals surface area contributed by atoms with Crippen LogP contribution in [0.5, 0.6) is 5.75 Å². The molecule has 4 heteroatoms. The lowest BCUT2D eigenvalue weighted by Crippen LogP contribution is -2.42. The standard InChI is InChI=1S/C27H36N2O2/c1-31-26-12-6-5-11-24(26)28-27(30)20-22-13-15-23(16-14-22)25(29-17-7-8-18-29)19-21-9-3-2-4-10-21/h2-6,9-12,22-23,25H,7-8,13-20H2,1H3,(H,28,30). The van der Waals surface area contributed by atoms with E-state index in [2.05, 4.69) is 40.5 Å². The van der Waals surface area contributed by atoms with Gasteiger partial charge in [-0.25, -0.2) is 0 Å². The van der Waals surface area contributed by atoms with Gasteiger partial charge >= 0.3 is 0 Å². The van der Waals surface area contributed by atoms with Crippen LogP contribution in [0.2, 0.25) is 0 Å². The van der Waals surface area contributed by atoms with Crippen molar-refractivity contribution in [3.63, 3.8) is 0 Å². The molecule has 4 rings (SSSR count). The largest absolute Gasteiger partial charge is 0.495 e. The number of ether oxygens (including phenoxy) is 1. The highest BCUT2D eigenvalue weighted by Crippen LogP contribution is 2.36. The smallest absolute Gasteiger partial charge is 0.224 e. The normalized spacial score (nSPS) is 22.7. The molecule has 31 heavy (non-hydrogen) atoms. The van der Waals surface area contributed by atoms with Gasteiger partial charge in [0, 0.05) is 12.5 Å². The maximum Gasteiger partial charge on any atom is 0.224 e. The predicted octanol–water partition coefficient (Wildman–Crippen LogP) is 5.54. The summed E-state index contributed by atoms with van der Waals surface area (Å²) in [5.41, 5.74) is 2.22. The first-order valence-corrected chi connectivity index (χ1v) is 11.9. The third kappa shape index (κ3) is 5.88. The highest BCUT2D eigenvalue weighted by Gasteiger charge is 2.33. The monoisotopic (exact) mass is 420 g/mol. The molecule has 1 heterocycles. The SMILES string of the molecule is COc1ccccc1NC(=O)CC1CCC(C(Cc2ccccc2)N2CCCC2)CC1. The molecule has 2 aromatic carbocycles. The maximum absolute atomic E-state index is 12.6. The van der Waals surface area contributed by atoms with Gasteiger partial charge in [-0.2, -0.15) is 0 Å². The summed E-state index contributed by atoms with van der Waals surface area (Å²) < 4.78 is 5.35. The highest BCUT2D eigenvalue weighted by molar-refractivity contribution is 5.92. The number of rotatable bonds is 8. The van der Waals surface area contributed by atoms with Gasteiger partial charge in [-0.3, -0.25) is 9.69 Å². The molecule has 2 aromatic rings. The second-order valence-corrected chi connectivity index (χ2v) is 9.23. The fraction of sp³-hybridized carbons (Fsp3) is 0.519. The number of methoxy groups -OCH3 is 1. The first-order chi connectivity index (χ1) is 15.2. The molecule has 0 bridgehead atoms. The Kier molecular flexibility index (Phi) is 7.63. The van der Waals surface area contributed by atoms with E-state index in [9.17, 15) is 4.79 Å². The fourth-order valence-electron chi connectivity index (χ4n) is 5.51. The van der Waals surface area contributed by atoms with Crippen LogP contribution < -0.4 is 10.1 Å². The lowest BCUT2D eigenvalue weighted by atomic mass is 9.75. The lowest BCUT2D eigenvalue weighted by Gasteiger charge is -2.39. The van der Waals surface area contributed by atoms with E-state index >= 15 is 0 Å². The van der Waals surface area contributed by atoms with Crippen molar-refractivity contribution in [1.82, 2.24) is 4.90 Å². The molecule has 1 N–H and O–H groups in total. The molecule has 1 saturated heterocycles. The number of nitrogens with zero attached hydrogens (tertiary/aromatic N) is 1. The van der Waals surface area contributed by atoms with Crippen LogP contribution in [0, 0.1) is 11.8 Å². The number of carbonyl (C=O) groups is 1. The summed E-state index contributed by atoms with van der Waals surface area (Å²) in [5.74, 6) is 2.05. The fourth-order valence-corrected chi connectivity index (χ4v) is 5.51. The van der Waals surface area contributed by atoms with Crippen LogP contribution in [0.3, 0.4) is 0 Å². The molecule has 1 unspecified atom stereocenters. The van der Waals surface area contributed by atoms with Crippen molar-refractivity contribution in [2.24, 2.45) is 11.8 Å². The van der Waals surface area contributed by atoms with Gasteiger partial charge in [-0.15, -0.1) is 0 Å². The van der Waals surface area contributed by atoms with Crippen LogP contribution in [0.4, 0.5) is 5.69 Å². The zero-order chi connectivity index (χ0) is 21.5. The zero-order valence-electron chi connectivity index (χ0n) is 18.8. The minimum absolute atomic E-state index is 0.105. The molecule has 0 spiro atoms. The zero-order valence-corrected chi connectivity index (χ0v) is 18.8. The van der Waals surface area contributed by atoms with Crippen LogP contribution in [-0.2, 0) is 11.2 Å². The average Bonchev–Trinajstić information content (AvgIpc) is 3.34. The van der Waals surface area contributed by atoms with E-state index in [1.165, 1.54) is 44.3 Å². The van der Waals surface area contributed by atoms with E-state index in [1.54, 1.807) is 7.11 Å². The van der Waals surface area contributed by atoms with Crippen LogP contribution in [0.25, 0.3) is 0 Å². The molecule has 1 aliphatic carbocycles. The van der Waals surface area contributed by atoms with Crippen molar-refractivity contribution < 1.29 is 9.53 Å². The van der Waals surface area contributed by atoms with E-state index < -0.39 is 0 Å². The summed E-state index contributed by atoms with van der Waals surface area (Å²) in [4.78, 5) is 15.4. The number of benzene rings is 2. The number of nitrogens with one attached hydrogen (secondary N) is 1. The second kappa shape index (κ2) is 10.8. The Morgan fingerprint density at radius 2 is 1.68 bits per heavy atom. The third-order valence-electron chi connectivity index (χ3n) is 7.19. The Bertz CT molecular complexity index is 824. The summed E-state index contributed by atoms with van der Waals surface area (Å²) in [7, 11) is 1.64. The quantitative estimate of drug-likeness (QED) is 0.610. The van der Waals surface area contributed by atoms with Crippen LogP contribution in [-0.4, -0.2) is 37.0 Å². The van der Waals surface area contributed by atoms with E-state index in [4.69, 9.17) is 4.74 Å². The van der Waals surface area contributed by atoms with E-state index in [1.807, 2.05) is 24.3 Å². The van der Waals surface area contributed by atoms with Crippen molar-refractivity contribution in [2.75, 3.05) is 25.5 Å². The first-order valence-electron chi connectivity index (χ1n) is 11.9. The number of hydrogen-bond acceptors (Lipinski definition) is 3. The Morgan fingerprint density at radius 1 is 1.00 bits per heavy atom. The Labute approximate surface area is 187 Å². The van der Waals surface area contributed by atoms with Gasteiger partial charge in [-0.05, 0) is 87.6 Å². The van der Waals surface area contributed by atoms with Crippen LogP contribution >= 0.6 is 0 Å². The topological polar surface area (TPSA) is 41.6 Å². The number of likely N-dealkylation sites (tertiary alicyclic amines) is 1. The second-order valence-electron chi connectivity index (χ2n) is 9.23. The van der Waals surface area contributed by atoms with Crippen molar-refractivity contribution in [2.45, 2.75) is 57.4 Å². The lowest BCUT2D eigenvalue weighted by molar-refractivity contribution is -0.117.